The van der Waals surface area contributed by atoms with E-state index in [2.05, 4.69) is 10.5 Å². The lowest BCUT2D eigenvalue weighted by molar-refractivity contribution is -0.277. The number of ether oxygens (including phenoxy) is 2. The van der Waals surface area contributed by atoms with Gasteiger partial charge in [0, 0.05) is 0 Å². The van der Waals surface area contributed by atoms with Gasteiger partial charge in [-0.25, -0.2) is 0 Å². The molecule has 0 spiro atoms. The number of nitriles is 2. The molecule has 1 heterocycles. The van der Waals surface area contributed by atoms with Crippen LogP contribution in [0.3, 0.4) is 0 Å². The second-order valence-electron chi connectivity index (χ2n) is 5.14. The van der Waals surface area contributed by atoms with Gasteiger partial charge in [0.25, 0.3) is 0 Å². The molecule has 1 aromatic carbocycles. The topological polar surface area (TPSA) is 171 Å². The maximum atomic E-state index is 9.90. The monoisotopic (exact) mass is 348 g/mol. The van der Waals surface area contributed by atoms with Crippen LogP contribution in [0.25, 0.3) is 0 Å². The van der Waals surface area contributed by atoms with Gasteiger partial charge in [-0.05, 0) is 24.3 Å². The van der Waals surface area contributed by atoms with E-state index in [1.807, 2.05) is 0 Å². The number of aliphatic hydroxyl groups excluding tert-OH is 4. The van der Waals surface area contributed by atoms with E-state index < -0.39 is 37.3 Å². The fourth-order valence-electron chi connectivity index (χ4n) is 2.10. The van der Waals surface area contributed by atoms with Crippen molar-refractivity contribution in [3.63, 3.8) is 0 Å². The summed E-state index contributed by atoms with van der Waals surface area (Å²) in [6.07, 6.45) is -6.83. The van der Waals surface area contributed by atoms with Gasteiger partial charge in [-0.15, -0.1) is 0 Å². The van der Waals surface area contributed by atoms with E-state index >= 15 is 0 Å². The zero-order chi connectivity index (χ0) is 18.4. The molecule has 1 aromatic rings. The number of nitrogens with one attached hydrogen (secondary N) is 1. The number of hydrogen-bond donors (Lipinski definition) is 5. The molecule has 10 heteroatoms. The first-order valence-electron chi connectivity index (χ1n) is 7.21. The molecule has 0 saturated carbocycles. The first-order chi connectivity index (χ1) is 12.0. The lowest BCUT2D eigenvalue weighted by Crippen LogP contribution is -2.60. The molecule has 2 rings (SSSR count). The van der Waals surface area contributed by atoms with Crippen LogP contribution in [-0.2, 0) is 4.74 Å². The highest BCUT2D eigenvalue weighted by molar-refractivity contribution is 6.10. The average molecular weight is 348 g/mol. The third-order valence-electron chi connectivity index (χ3n) is 3.46. The first kappa shape index (κ1) is 18.6. The van der Waals surface area contributed by atoms with Crippen LogP contribution in [0, 0.1) is 22.7 Å². The van der Waals surface area contributed by atoms with Gasteiger partial charge in [-0.1, -0.05) is 0 Å². The molecule has 1 fully saturated rings. The Hall–Kier alpha value is -2.73. The van der Waals surface area contributed by atoms with Crippen LogP contribution >= 0.6 is 0 Å². The van der Waals surface area contributed by atoms with Gasteiger partial charge >= 0.3 is 0 Å². The lowest BCUT2D eigenvalue weighted by Gasteiger charge is -2.39. The third-order valence-corrected chi connectivity index (χ3v) is 3.46. The minimum absolute atomic E-state index is 0.277. The molecule has 1 aliphatic heterocycles. The highest BCUT2D eigenvalue weighted by Crippen LogP contribution is 2.25. The first-order valence-corrected chi connectivity index (χ1v) is 7.21. The standard InChI is InChI=1S/C15H16N4O6/c16-5-9(6-17)19-18-8-1-3-10(4-2-8)24-15-14(23)13(22)12(21)11(7-20)25-15/h1-4,11-15,18,20-23H,7H2. The van der Waals surface area contributed by atoms with Gasteiger partial charge < -0.3 is 29.9 Å². The molecule has 1 saturated heterocycles. The van der Waals surface area contributed by atoms with Crippen LogP contribution in [0.5, 0.6) is 5.75 Å². The van der Waals surface area contributed by atoms with Crippen molar-refractivity contribution in [3.05, 3.63) is 24.3 Å². The summed E-state index contributed by atoms with van der Waals surface area (Å²) in [7, 11) is 0. The van der Waals surface area contributed by atoms with Crippen LogP contribution in [0.4, 0.5) is 5.69 Å². The van der Waals surface area contributed by atoms with Gasteiger partial charge in [-0.3, -0.25) is 5.43 Å². The molecule has 0 aromatic heterocycles. The SMILES string of the molecule is N#CC(C#N)=NNc1ccc(OC2OC(CO)C(O)C(O)C2O)cc1. The smallest absolute Gasteiger partial charge is 0.237 e. The van der Waals surface area contributed by atoms with Crippen molar-refractivity contribution in [3.8, 4) is 17.9 Å². The maximum Gasteiger partial charge on any atom is 0.237 e. The molecule has 1 aliphatic rings. The fourth-order valence-corrected chi connectivity index (χ4v) is 2.10. The quantitative estimate of drug-likeness (QED) is 0.319. The van der Waals surface area contributed by atoms with E-state index in [0.717, 1.165) is 0 Å². The molecule has 5 unspecified atom stereocenters. The molecule has 0 amide bonds. The molecule has 0 aliphatic carbocycles. The Balaban J connectivity index is 2.02. The molecule has 10 nitrogen and oxygen atoms in total. The van der Waals surface area contributed by atoms with E-state index in [1.165, 1.54) is 24.3 Å². The average Bonchev–Trinajstić information content (AvgIpc) is 2.64. The van der Waals surface area contributed by atoms with Gasteiger partial charge in [0.2, 0.25) is 12.0 Å². The number of hydrogen-bond acceptors (Lipinski definition) is 10. The Kier molecular flexibility index (Phi) is 6.25. The van der Waals surface area contributed by atoms with Crippen molar-refractivity contribution in [2.75, 3.05) is 12.0 Å². The van der Waals surface area contributed by atoms with Crippen molar-refractivity contribution in [1.29, 1.82) is 10.5 Å². The van der Waals surface area contributed by atoms with E-state index in [0.29, 0.717) is 5.69 Å². The zero-order valence-corrected chi connectivity index (χ0v) is 12.9. The van der Waals surface area contributed by atoms with Crippen LogP contribution in [0.1, 0.15) is 0 Å². The molecule has 5 N–H and O–H groups in total. The summed E-state index contributed by atoms with van der Waals surface area (Å²) in [5.41, 5.74) is 2.66. The highest BCUT2D eigenvalue weighted by Gasteiger charge is 2.44. The van der Waals surface area contributed by atoms with Gasteiger partial charge in [0.15, 0.2) is 0 Å². The number of nitrogens with zero attached hydrogens (tertiary/aromatic N) is 3. The number of rotatable bonds is 5. The Morgan fingerprint density at radius 3 is 2.32 bits per heavy atom. The van der Waals surface area contributed by atoms with E-state index in [-0.39, 0.29) is 11.5 Å². The molecule has 0 bridgehead atoms. The van der Waals surface area contributed by atoms with Gasteiger partial charge in [0.05, 0.1) is 12.3 Å². The number of benzene rings is 1. The molecule has 132 valence electrons. The van der Waals surface area contributed by atoms with E-state index in [9.17, 15) is 15.3 Å². The molecular weight excluding hydrogens is 332 g/mol. The highest BCUT2D eigenvalue weighted by atomic mass is 16.7. The van der Waals surface area contributed by atoms with Crippen LogP contribution in [0.15, 0.2) is 29.4 Å². The largest absolute Gasteiger partial charge is 0.462 e. The van der Waals surface area contributed by atoms with Gasteiger partial charge in [0.1, 0.15) is 42.3 Å². The summed E-state index contributed by atoms with van der Waals surface area (Å²) in [6, 6.07) is 9.27. The van der Waals surface area contributed by atoms with Crippen LogP contribution < -0.4 is 10.2 Å². The number of anilines is 1. The predicted octanol–water partition coefficient (Wildman–Crippen LogP) is -1.32. The Morgan fingerprint density at radius 2 is 1.76 bits per heavy atom. The zero-order valence-electron chi connectivity index (χ0n) is 12.9. The second kappa shape index (κ2) is 8.39. The summed E-state index contributed by atoms with van der Waals surface area (Å²) in [6.45, 7) is -0.550. The van der Waals surface area contributed by atoms with Gasteiger partial charge in [-0.2, -0.15) is 15.6 Å². The summed E-state index contributed by atoms with van der Waals surface area (Å²) in [4.78, 5) is 0. The fraction of sp³-hybridized carbons (Fsp3) is 0.400. The lowest BCUT2D eigenvalue weighted by atomic mass is 9.99. The Labute approximate surface area is 142 Å². The minimum atomic E-state index is -1.53. The second-order valence-corrected chi connectivity index (χ2v) is 5.14. The third kappa shape index (κ3) is 4.42. The number of aliphatic hydroxyl groups is 4. The van der Waals surface area contributed by atoms with Crippen molar-refractivity contribution < 1.29 is 29.9 Å². The Morgan fingerprint density at radius 1 is 1.12 bits per heavy atom. The predicted molar refractivity (Wildman–Crippen MR) is 83.1 cm³/mol. The van der Waals surface area contributed by atoms with Crippen molar-refractivity contribution in [2.24, 2.45) is 5.10 Å². The van der Waals surface area contributed by atoms with Crippen LogP contribution in [-0.4, -0.2) is 63.5 Å². The van der Waals surface area contributed by atoms with E-state index in [1.54, 1.807) is 12.1 Å². The summed E-state index contributed by atoms with van der Waals surface area (Å²) < 4.78 is 10.6. The number of hydrazone groups is 1. The van der Waals surface area contributed by atoms with Crippen molar-refractivity contribution >= 4 is 11.4 Å². The summed E-state index contributed by atoms with van der Waals surface area (Å²) in [5.74, 6) is 0.277. The van der Waals surface area contributed by atoms with E-state index in [4.69, 9.17) is 25.1 Å². The van der Waals surface area contributed by atoms with Crippen LogP contribution in [0.2, 0.25) is 0 Å². The molecule has 0 radical (unpaired) electrons. The van der Waals surface area contributed by atoms with Crippen molar-refractivity contribution in [1.82, 2.24) is 0 Å². The summed E-state index contributed by atoms with van der Waals surface area (Å²) >= 11 is 0. The van der Waals surface area contributed by atoms with Crippen molar-refractivity contribution in [2.45, 2.75) is 30.7 Å². The summed E-state index contributed by atoms with van der Waals surface area (Å²) in [5, 5.41) is 59.2. The molecular formula is C15H16N4O6. The Bertz CT molecular complexity index is 677. The normalized spacial score (nSPS) is 28.3. The minimum Gasteiger partial charge on any atom is -0.462 e. The molecule has 25 heavy (non-hydrogen) atoms. The maximum absolute atomic E-state index is 9.90. The molecule has 5 atom stereocenters.